The van der Waals surface area contributed by atoms with Crippen molar-refractivity contribution in [1.29, 1.82) is 0 Å². The van der Waals surface area contributed by atoms with Crippen LogP contribution in [0.25, 0.3) is 0 Å². The van der Waals surface area contributed by atoms with Gasteiger partial charge in [0.15, 0.2) is 0 Å². The molecule has 1 fully saturated rings. The number of rotatable bonds is 4. The van der Waals surface area contributed by atoms with Crippen LogP contribution in [0, 0.1) is 11.3 Å². The van der Waals surface area contributed by atoms with Crippen molar-refractivity contribution in [3.63, 3.8) is 0 Å². The molecule has 1 aromatic heterocycles. The molecule has 0 aromatic carbocycles. The van der Waals surface area contributed by atoms with Gasteiger partial charge in [-0.3, -0.25) is 0 Å². The molecular weight excluding hydrogens is 210 g/mol. The van der Waals surface area contributed by atoms with Gasteiger partial charge in [-0.1, -0.05) is 25.4 Å². The largest absolute Gasteiger partial charge is 0.321 e. The van der Waals surface area contributed by atoms with Crippen LogP contribution in [0.3, 0.4) is 0 Å². The highest BCUT2D eigenvalue weighted by atomic mass is 35.5. The van der Waals surface area contributed by atoms with Gasteiger partial charge in [0, 0.05) is 7.05 Å². The molecule has 1 saturated carbocycles. The van der Waals surface area contributed by atoms with Gasteiger partial charge in [-0.2, -0.15) is 0 Å². The summed E-state index contributed by atoms with van der Waals surface area (Å²) in [5.74, 6) is 1.83. The van der Waals surface area contributed by atoms with E-state index in [1.165, 1.54) is 6.42 Å². The number of halogens is 1. The highest BCUT2D eigenvalue weighted by Gasteiger charge is 2.44. The van der Waals surface area contributed by atoms with Crippen molar-refractivity contribution < 1.29 is 0 Å². The number of nitrogens with zero attached hydrogens (tertiary/aromatic N) is 2. The van der Waals surface area contributed by atoms with Crippen LogP contribution in [-0.2, 0) is 13.6 Å². The summed E-state index contributed by atoms with van der Waals surface area (Å²) in [6.45, 7) is 6.52. The monoisotopic (exact) mass is 227 g/mol. The van der Waals surface area contributed by atoms with E-state index in [9.17, 15) is 0 Å². The third-order valence-corrected chi connectivity index (χ3v) is 3.77. The maximum atomic E-state index is 5.90. The average molecular weight is 228 g/mol. The standard InChI is InChI=1S/C11H18ClN3/c1-11(2)4-8(11)5-13-7-10-14-6-9(12)15(10)3/h6,8,13H,4-5,7H2,1-3H3. The van der Waals surface area contributed by atoms with E-state index in [-0.39, 0.29) is 0 Å². The minimum absolute atomic E-state index is 0.548. The van der Waals surface area contributed by atoms with Crippen LogP contribution in [-0.4, -0.2) is 16.1 Å². The number of nitrogens with one attached hydrogen (secondary N) is 1. The van der Waals surface area contributed by atoms with Crippen molar-refractivity contribution in [2.45, 2.75) is 26.8 Å². The first kappa shape index (κ1) is 11.0. The Labute approximate surface area is 95.8 Å². The topological polar surface area (TPSA) is 29.9 Å². The summed E-state index contributed by atoms with van der Waals surface area (Å²) >= 11 is 5.90. The van der Waals surface area contributed by atoms with Gasteiger partial charge in [-0.15, -0.1) is 0 Å². The average Bonchev–Trinajstić information content (AvgIpc) is 2.65. The number of aromatic nitrogens is 2. The summed E-state index contributed by atoms with van der Waals surface area (Å²) in [5, 5.41) is 4.12. The molecule has 4 heteroatoms. The Hall–Kier alpha value is -0.540. The van der Waals surface area contributed by atoms with E-state index in [4.69, 9.17) is 11.6 Å². The lowest BCUT2D eigenvalue weighted by molar-refractivity contribution is 0.512. The molecule has 15 heavy (non-hydrogen) atoms. The van der Waals surface area contributed by atoms with E-state index in [0.29, 0.717) is 10.6 Å². The molecule has 0 bridgehead atoms. The van der Waals surface area contributed by atoms with E-state index in [1.807, 2.05) is 11.6 Å². The molecule has 1 heterocycles. The number of hydrogen-bond acceptors (Lipinski definition) is 2. The summed E-state index contributed by atoms with van der Waals surface area (Å²) in [6.07, 6.45) is 3.03. The zero-order valence-corrected chi connectivity index (χ0v) is 10.3. The molecule has 3 nitrogen and oxygen atoms in total. The zero-order chi connectivity index (χ0) is 11.1. The van der Waals surface area contributed by atoms with E-state index in [1.54, 1.807) is 6.20 Å². The smallest absolute Gasteiger partial charge is 0.128 e. The van der Waals surface area contributed by atoms with Gasteiger partial charge in [0.25, 0.3) is 0 Å². The Morgan fingerprint density at radius 2 is 2.33 bits per heavy atom. The van der Waals surface area contributed by atoms with Gasteiger partial charge < -0.3 is 9.88 Å². The predicted molar refractivity (Wildman–Crippen MR) is 61.8 cm³/mol. The van der Waals surface area contributed by atoms with Gasteiger partial charge in [-0.05, 0) is 24.3 Å². The van der Waals surface area contributed by atoms with Crippen molar-refractivity contribution in [1.82, 2.24) is 14.9 Å². The van der Waals surface area contributed by atoms with Crippen molar-refractivity contribution in [2.24, 2.45) is 18.4 Å². The molecule has 0 spiro atoms. The summed E-state index contributed by atoms with van der Waals surface area (Å²) in [4.78, 5) is 4.24. The molecule has 1 aromatic rings. The highest BCUT2D eigenvalue weighted by Crippen LogP contribution is 2.50. The molecule has 1 atom stereocenters. The maximum absolute atomic E-state index is 5.90. The van der Waals surface area contributed by atoms with Crippen LogP contribution in [0.4, 0.5) is 0 Å². The fraction of sp³-hybridized carbons (Fsp3) is 0.727. The van der Waals surface area contributed by atoms with Gasteiger partial charge in [0.05, 0.1) is 12.7 Å². The van der Waals surface area contributed by atoms with Crippen LogP contribution in [0.2, 0.25) is 5.15 Å². The van der Waals surface area contributed by atoms with Gasteiger partial charge in [0.1, 0.15) is 11.0 Å². The first-order chi connectivity index (χ1) is 7.00. The zero-order valence-electron chi connectivity index (χ0n) is 9.55. The summed E-state index contributed by atoms with van der Waals surface area (Å²) in [7, 11) is 1.94. The molecule has 1 aliphatic carbocycles. The molecule has 1 aliphatic rings. The molecular formula is C11H18ClN3. The SMILES string of the molecule is Cn1c(Cl)cnc1CNCC1CC1(C)C. The van der Waals surface area contributed by atoms with Gasteiger partial charge in [-0.25, -0.2) is 4.98 Å². The minimum Gasteiger partial charge on any atom is -0.321 e. The van der Waals surface area contributed by atoms with Crippen LogP contribution >= 0.6 is 11.6 Å². The molecule has 0 aliphatic heterocycles. The molecule has 84 valence electrons. The lowest BCUT2D eigenvalue weighted by Crippen LogP contribution is -2.20. The normalized spacial score (nSPS) is 23.1. The maximum Gasteiger partial charge on any atom is 0.128 e. The van der Waals surface area contributed by atoms with Crippen molar-refractivity contribution in [3.05, 3.63) is 17.2 Å². The Kier molecular flexibility index (Phi) is 2.77. The predicted octanol–water partition coefficient (Wildman–Crippen LogP) is 2.21. The first-order valence-corrected chi connectivity index (χ1v) is 5.75. The van der Waals surface area contributed by atoms with Crippen LogP contribution in [0.5, 0.6) is 0 Å². The van der Waals surface area contributed by atoms with Crippen molar-refractivity contribution in [2.75, 3.05) is 6.54 Å². The summed E-state index contributed by atoms with van der Waals surface area (Å²) in [6, 6.07) is 0. The summed E-state index contributed by atoms with van der Waals surface area (Å²) < 4.78 is 1.91. The first-order valence-electron chi connectivity index (χ1n) is 5.37. The van der Waals surface area contributed by atoms with Crippen molar-refractivity contribution >= 4 is 11.6 Å². The molecule has 2 rings (SSSR count). The second-order valence-electron chi connectivity index (χ2n) is 5.08. The fourth-order valence-electron chi connectivity index (χ4n) is 1.87. The number of hydrogen-bond donors (Lipinski definition) is 1. The lowest BCUT2D eigenvalue weighted by Gasteiger charge is -2.06. The van der Waals surface area contributed by atoms with Crippen LogP contribution in [0.1, 0.15) is 26.1 Å². The van der Waals surface area contributed by atoms with Gasteiger partial charge in [0.2, 0.25) is 0 Å². The highest BCUT2D eigenvalue weighted by molar-refractivity contribution is 6.29. The Morgan fingerprint density at radius 1 is 1.67 bits per heavy atom. The van der Waals surface area contributed by atoms with Crippen LogP contribution in [0.15, 0.2) is 6.20 Å². The second-order valence-corrected chi connectivity index (χ2v) is 5.46. The van der Waals surface area contributed by atoms with Gasteiger partial charge >= 0.3 is 0 Å². The molecule has 0 saturated heterocycles. The second kappa shape index (κ2) is 3.80. The quantitative estimate of drug-likeness (QED) is 0.855. The van der Waals surface area contributed by atoms with Crippen LogP contribution < -0.4 is 5.32 Å². The van der Waals surface area contributed by atoms with E-state index in [2.05, 4.69) is 24.1 Å². The number of imidazole rings is 1. The van der Waals surface area contributed by atoms with Crippen molar-refractivity contribution in [3.8, 4) is 0 Å². The molecule has 1 N–H and O–H groups in total. The Balaban J connectivity index is 1.77. The Morgan fingerprint density at radius 3 is 2.80 bits per heavy atom. The molecule has 0 amide bonds. The molecule has 1 unspecified atom stereocenters. The van der Waals surface area contributed by atoms with E-state index >= 15 is 0 Å². The van der Waals surface area contributed by atoms with E-state index in [0.717, 1.165) is 24.8 Å². The minimum atomic E-state index is 0.548. The lowest BCUT2D eigenvalue weighted by atomic mass is 10.1. The van der Waals surface area contributed by atoms with E-state index < -0.39 is 0 Å². The Bertz CT molecular complexity index is 357. The fourth-order valence-corrected chi connectivity index (χ4v) is 2.02. The molecule has 0 radical (unpaired) electrons. The third kappa shape index (κ3) is 2.34. The summed E-state index contributed by atoms with van der Waals surface area (Å²) in [5.41, 5.74) is 0.548. The third-order valence-electron chi connectivity index (χ3n) is 3.42.